The second-order valence-corrected chi connectivity index (χ2v) is 9.64. The minimum absolute atomic E-state index is 0.115. The summed E-state index contributed by atoms with van der Waals surface area (Å²) in [6, 6.07) is 1.84. The van der Waals surface area contributed by atoms with Gasteiger partial charge in [0, 0.05) is 12.7 Å². The third-order valence-corrected chi connectivity index (χ3v) is 5.77. The van der Waals surface area contributed by atoms with Gasteiger partial charge in [-0.2, -0.15) is 0 Å². The minimum Gasteiger partial charge on any atom is -0.476 e. The molecule has 24 heavy (non-hydrogen) atoms. The van der Waals surface area contributed by atoms with Crippen LogP contribution < -0.4 is 9.46 Å². The Morgan fingerprint density at radius 3 is 2.54 bits per heavy atom. The molecule has 0 atom stereocenters. The summed E-state index contributed by atoms with van der Waals surface area (Å²) in [7, 11) is 0.664. The van der Waals surface area contributed by atoms with E-state index in [1.165, 1.54) is 0 Å². The third-order valence-electron chi connectivity index (χ3n) is 3.92. The molecule has 0 aliphatic heterocycles. The number of sulfonamides is 1. The van der Waals surface area contributed by atoms with Crippen molar-refractivity contribution < 1.29 is 13.2 Å². The van der Waals surface area contributed by atoms with Crippen molar-refractivity contribution >= 4 is 15.7 Å². The normalized spacial score (nSPS) is 15.6. The van der Waals surface area contributed by atoms with Crippen LogP contribution in [-0.4, -0.2) is 50.8 Å². The Morgan fingerprint density at radius 2 is 2.00 bits per heavy atom. The number of ether oxygens (including phenoxy) is 1. The molecule has 0 unspecified atom stereocenters. The number of nitrogens with one attached hydrogen (secondary N) is 1. The number of nitrogens with zero attached hydrogens (tertiary/aromatic N) is 2. The van der Waals surface area contributed by atoms with Crippen molar-refractivity contribution in [1.82, 2.24) is 9.88 Å². The number of anilines is 1. The maximum atomic E-state index is 12.3. The summed E-state index contributed by atoms with van der Waals surface area (Å²) in [6.45, 7) is 7.61. The van der Waals surface area contributed by atoms with Crippen LogP contribution in [0.15, 0.2) is 12.3 Å². The lowest BCUT2D eigenvalue weighted by Crippen LogP contribution is -2.20. The highest BCUT2D eigenvalue weighted by atomic mass is 32.2. The molecule has 1 fully saturated rings. The van der Waals surface area contributed by atoms with Crippen molar-refractivity contribution in [1.29, 1.82) is 0 Å². The van der Waals surface area contributed by atoms with E-state index in [0.717, 1.165) is 31.4 Å². The zero-order valence-electron chi connectivity index (χ0n) is 15.3. The molecule has 0 spiro atoms. The minimum atomic E-state index is -3.35. The molecule has 0 aromatic carbocycles. The number of rotatable bonds is 8. The first-order valence-corrected chi connectivity index (χ1v) is 9.94. The van der Waals surface area contributed by atoms with E-state index in [9.17, 15) is 8.42 Å². The molecule has 0 saturated heterocycles. The molecule has 0 bridgehead atoms. The van der Waals surface area contributed by atoms with E-state index >= 15 is 0 Å². The van der Waals surface area contributed by atoms with E-state index in [1.54, 1.807) is 6.20 Å². The maximum absolute atomic E-state index is 12.3. The van der Waals surface area contributed by atoms with Crippen molar-refractivity contribution in [2.75, 3.05) is 32.0 Å². The highest BCUT2D eigenvalue weighted by molar-refractivity contribution is 7.93. The maximum Gasteiger partial charge on any atom is 0.238 e. The summed E-state index contributed by atoms with van der Waals surface area (Å²) in [5.74, 6) is 0.353. The zero-order chi connectivity index (χ0) is 18.0. The summed E-state index contributed by atoms with van der Waals surface area (Å²) in [5, 5.41) is -0.280. The number of aromatic nitrogens is 1. The summed E-state index contributed by atoms with van der Waals surface area (Å²) in [5.41, 5.74) is 1.30. The van der Waals surface area contributed by atoms with Gasteiger partial charge in [-0.15, -0.1) is 0 Å². The molecule has 1 aromatic heterocycles. The van der Waals surface area contributed by atoms with E-state index in [1.807, 2.05) is 20.2 Å². The average Bonchev–Trinajstić information content (AvgIpc) is 3.28. The fraction of sp³-hybridized carbons (Fsp3) is 0.706. The highest BCUT2D eigenvalue weighted by Crippen LogP contribution is 2.34. The van der Waals surface area contributed by atoms with Gasteiger partial charge in [-0.3, -0.25) is 4.72 Å². The van der Waals surface area contributed by atoms with Gasteiger partial charge in [0.1, 0.15) is 5.69 Å². The van der Waals surface area contributed by atoms with Crippen LogP contribution in [0.3, 0.4) is 0 Å². The summed E-state index contributed by atoms with van der Waals surface area (Å²) < 4.78 is 33.0. The lowest BCUT2D eigenvalue weighted by molar-refractivity contribution is 0.274. The predicted octanol–water partition coefficient (Wildman–Crippen LogP) is 2.61. The smallest absolute Gasteiger partial charge is 0.238 e. The van der Waals surface area contributed by atoms with Gasteiger partial charge in [0.2, 0.25) is 15.9 Å². The predicted molar refractivity (Wildman–Crippen MR) is 97.2 cm³/mol. The Kier molecular flexibility index (Phi) is 5.75. The molecule has 1 saturated carbocycles. The monoisotopic (exact) mass is 355 g/mol. The van der Waals surface area contributed by atoms with Crippen molar-refractivity contribution in [3.63, 3.8) is 0 Å². The first-order chi connectivity index (χ1) is 11.1. The van der Waals surface area contributed by atoms with Gasteiger partial charge in [-0.1, -0.05) is 20.8 Å². The average molecular weight is 356 g/mol. The van der Waals surface area contributed by atoms with Crippen LogP contribution in [0.25, 0.3) is 0 Å². The van der Waals surface area contributed by atoms with Crippen molar-refractivity contribution in [2.45, 2.75) is 50.7 Å². The largest absolute Gasteiger partial charge is 0.476 e. The Morgan fingerprint density at radius 1 is 1.33 bits per heavy atom. The summed E-state index contributed by atoms with van der Waals surface area (Å²) in [6.07, 6.45) is 4.06. The van der Waals surface area contributed by atoms with Gasteiger partial charge in [-0.05, 0) is 50.4 Å². The molecular weight excluding hydrogens is 326 g/mol. The van der Waals surface area contributed by atoms with Gasteiger partial charge in [-0.25, -0.2) is 13.4 Å². The molecule has 0 radical (unpaired) electrons. The zero-order valence-corrected chi connectivity index (χ0v) is 16.1. The van der Waals surface area contributed by atoms with Crippen molar-refractivity contribution in [3.05, 3.63) is 17.8 Å². The van der Waals surface area contributed by atoms with E-state index in [4.69, 9.17) is 4.74 Å². The molecule has 2 rings (SSSR count). The van der Waals surface area contributed by atoms with Gasteiger partial charge in [0.25, 0.3) is 0 Å². The molecule has 1 N–H and O–H groups in total. The summed E-state index contributed by atoms with van der Waals surface area (Å²) >= 11 is 0. The van der Waals surface area contributed by atoms with Crippen molar-refractivity contribution in [3.8, 4) is 5.88 Å². The summed E-state index contributed by atoms with van der Waals surface area (Å²) in [4.78, 5) is 6.44. The highest BCUT2D eigenvalue weighted by Gasteiger charge is 2.36. The lowest BCUT2D eigenvalue weighted by atomic mass is 9.88. The first kappa shape index (κ1) is 19.0. The van der Waals surface area contributed by atoms with Gasteiger partial charge in [0.15, 0.2) is 0 Å². The van der Waals surface area contributed by atoms with E-state index in [0.29, 0.717) is 18.2 Å². The second kappa shape index (κ2) is 7.27. The molecule has 1 aliphatic rings. The SMILES string of the molecule is CN(C)CCCOc1ncc(C(C)(C)C)cc1NS(=O)(=O)C1CC1. The standard InChI is InChI=1S/C17H29N3O3S/c1-17(2,3)13-11-15(19-24(21,22)14-7-8-14)16(18-12-13)23-10-6-9-20(4)5/h11-12,14,19H,6-10H2,1-5H3. The van der Waals surface area contributed by atoms with Crippen LogP contribution in [0.1, 0.15) is 45.6 Å². The molecule has 1 heterocycles. The van der Waals surface area contributed by atoms with Crippen molar-refractivity contribution in [2.24, 2.45) is 0 Å². The second-order valence-electron chi connectivity index (χ2n) is 7.68. The fourth-order valence-electron chi connectivity index (χ4n) is 2.22. The molecule has 7 heteroatoms. The fourth-order valence-corrected chi connectivity index (χ4v) is 3.59. The molecule has 0 amide bonds. The van der Waals surface area contributed by atoms with Crippen LogP contribution >= 0.6 is 0 Å². The Bertz CT molecular complexity index is 662. The molecule has 1 aliphatic carbocycles. The number of hydrogen-bond acceptors (Lipinski definition) is 5. The Balaban J connectivity index is 2.18. The van der Waals surface area contributed by atoms with Crippen LogP contribution in [0, 0.1) is 0 Å². The van der Waals surface area contributed by atoms with Gasteiger partial charge in [0.05, 0.1) is 11.9 Å². The van der Waals surface area contributed by atoms with Crippen LogP contribution in [0.2, 0.25) is 0 Å². The van der Waals surface area contributed by atoms with E-state index < -0.39 is 10.0 Å². The quantitative estimate of drug-likeness (QED) is 0.726. The lowest BCUT2D eigenvalue weighted by Gasteiger charge is -2.21. The topological polar surface area (TPSA) is 71.5 Å². The molecular formula is C17H29N3O3S. The van der Waals surface area contributed by atoms with Crippen LogP contribution in [-0.2, 0) is 15.4 Å². The van der Waals surface area contributed by atoms with Crippen LogP contribution in [0.5, 0.6) is 5.88 Å². The Hall–Kier alpha value is -1.34. The molecule has 136 valence electrons. The Labute approximate surface area is 145 Å². The van der Waals surface area contributed by atoms with E-state index in [2.05, 4.69) is 35.4 Å². The molecule has 1 aromatic rings. The van der Waals surface area contributed by atoms with Gasteiger partial charge < -0.3 is 9.64 Å². The molecule has 6 nitrogen and oxygen atoms in total. The third kappa shape index (κ3) is 5.34. The number of hydrogen-bond donors (Lipinski definition) is 1. The van der Waals surface area contributed by atoms with Gasteiger partial charge >= 0.3 is 0 Å². The van der Waals surface area contributed by atoms with E-state index in [-0.39, 0.29) is 10.7 Å². The van der Waals surface area contributed by atoms with Crippen LogP contribution in [0.4, 0.5) is 5.69 Å². The first-order valence-electron chi connectivity index (χ1n) is 8.39. The number of pyridine rings is 1.